The zero-order valence-corrected chi connectivity index (χ0v) is 7.68. The van der Waals surface area contributed by atoms with E-state index in [1.807, 2.05) is 0 Å². The average molecular weight is 190 g/mol. The molecule has 4 heteroatoms. The molecule has 13 heavy (non-hydrogen) atoms. The Morgan fingerprint density at radius 3 is 2.15 bits per heavy atom. The molecule has 0 aromatic carbocycles. The molecule has 0 amide bonds. The van der Waals surface area contributed by atoms with Crippen LogP contribution in [-0.4, -0.2) is 36.0 Å². The second kappa shape index (κ2) is 3.17. The Morgan fingerprint density at radius 1 is 1.23 bits per heavy atom. The van der Waals surface area contributed by atoms with Crippen molar-refractivity contribution in [3.8, 4) is 0 Å². The average Bonchev–Trinajstić information content (AvgIpc) is 2.88. The van der Waals surface area contributed by atoms with Gasteiger partial charge in [-0.15, -0.1) is 0 Å². The largest absolute Gasteiger partial charge is 0.320 e. The number of nitrogens with zero attached hydrogens (tertiary/aromatic N) is 1. The van der Waals surface area contributed by atoms with Gasteiger partial charge in [0.15, 0.2) is 0 Å². The molecule has 2 nitrogen and oxygen atoms in total. The number of halogens is 2. The molecule has 0 bridgehead atoms. The minimum atomic E-state index is -2.37. The fourth-order valence-corrected chi connectivity index (χ4v) is 1.96. The van der Waals surface area contributed by atoms with E-state index < -0.39 is 12.0 Å². The summed E-state index contributed by atoms with van der Waals surface area (Å²) < 4.78 is 25.0. The van der Waals surface area contributed by atoms with Crippen LogP contribution in [0.25, 0.3) is 0 Å². The molecule has 2 rings (SSSR count). The predicted molar refractivity (Wildman–Crippen MR) is 46.8 cm³/mol. The molecule has 0 spiro atoms. The van der Waals surface area contributed by atoms with Crippen molar-refractivity contribution in [1.82, 2.24) is 4.90 Å². The van der Waals surface area contributed by atoms with E-state index in [-0.39, 0.29) is 0 Å². The molecule has 2 fully saturated rings. The Morgan fingerprint density at radius 2 is 1.77 bits per heavy atom. The van der Waals surface area contributed by atoms with Crippen molar-refractivity contribution in [2.24, 2.45) is 5.73 Å². The molecular weight excluding hydrogens is 174 g/mol. The molecule has 0 radical (unpaired) electrons. The van der Waals surface area contributed by atoms with Gasteiger partial charge in [0.1, 0.15) is 0 Å². The Balaban J connectivity index is 1.87. The van der Waals surface area contributed by atoms with Gasteiger partial charge in [-0.1, -0.05) is 0 Å². The van der Waals surface area contributed by atoms with Crippen molar-refractivity contribution >= 4 is 0 Å². The summed E-state index contributed by atoms with van der Waals surface area (Å²) in [6.45, 7) is 1.51. The van der Waals surface area contributed by atoms with Crippen molar-refractivity contribution in [3.63, 3.8) is 0 Å². The highest BCUT2D eigenvalue weighted by atomic mass is 19.3. The Labute approximate surface area is 77.1 Å². The first-order valence-electron chi connectivity index (χ1n) is 4.93. The van der Waals surface area contributed by atoms with Crippen molar-refractivity contribution in [3.05, 3.63) is 0 Å². The highest BCUT2D eigenvalue weighted by molar-refractivity contribution is 4.96. The summed E-state index contributed by atoms with van der Waals surface area (Å²) in [5.41, 5.74) is 4.40. The van der Waals surface area contributed by atoms with Crippen LogP contribution in [0.3, 0.4) is 0 Å². The van der Waals surface area contributed by atoms with Gasteiger partial charge in [-0.05, 0) is 25.7 Å². The second-order valence-electron chi connectivity index (χ2n) is 4.30. The molecule has 1 aliphatic carbocycles. The monoisotopic (exact) mass is 190 g/mol. The van der Waals surface area contributed by atoms with Gasteiger partial charge < -0.3 is 10.6 Å². The third kappa shape index (κ3) is 1.83. The standard InChI is InChI=1S/C9H16F2N2/c10-8(11)9(12)3-5-13(6-4-9)7-1-2-7/h7-8H,1-6,12H2. The molecule has 0 atom stereocenters. The number of nitrogens with two attached hydrogens (primary N) is 1. The highest BCUT2D eigenvalue weighted by Crippen LogP contribution is 2.33. The molecule has 76 valence electrons. The molecule has 0 unspecified atom stereocenters. The van der Waals surface area contributed by atoms with Gasteiger partial charge >= 0.3 is 0 Å². The summed E-state index contributed by atoms with van der Waals surface area (Å²) >= 11 is 0. The zero-order valence-electron chi connectivity index (χ0n) is 7.68. The van der Waals surface area contributed by atoms with Crippen LogP contribution in [-0.2, 0) is 0 Å². The van der Waals surface area contributed by atoms with Crippen molar-refractivity contribution < 1.29 is 8.78 Å². The van der Waals surface area contributed by atoms with Crippen LogP contribution in [0, 0.1) is 0 Å². The lowest BCUT2D eigenvalue weighted by Gasteiger charge is -2.38. The van der Waals surface area contributed by atoms with Gasteiger partial charge in [0.2, 0.25) is 0 Å². The van der Waals surface area contributed by atoms with Crippen LogP contribution in [0.15, 0.2) is 0 Å². The summed E-state index contributed by atoms with van der Waals surface area (Å²) in [5, 5.41) is 0. The fraction of sp³-hybridized carbons (Fsp3) is 1.00. The number of alkyl halides is 2. The van der Waals surface area contributed by atoms with E-state index in [2.05, 4.69) is 4.90 Å². The van der Waals surface area contributed by atoms with Gasteiger partial charge in [0, 0.05) is 19.1 Å². The molecule has 1 heterocycles. The number of hydrogen-bond acceptors (Lipinski definition) is 2. The first-order valence-corrected chi connectivity index (χ1v) is 4.93. The van der Waals surface area contributed by atoms with Crippen LogP contribution in [0.4, 0.5) is 8.78 Å². The molecule has 0 aromatic heterocycles. The van der Waals surface area contributed by atoms with Crippen LogP contribution < -0.4 is 5.73 Å². The molecule has 1 saturated heterocycles. The lowest BCUT2D eigenvalue weighted by atomic mass is 9.89. The quantitative estimate of drug-likeness (QED) is 0.709. The maximum absolute atomic E-state index is 12.5. The van der Waals surface area contributed by atoms with E-state index in [9.17, 15) is 8.78 Å². The smallest absolute Gasteiger partial charge is 0.256 e. The molecule has 0 aromatic rings. The van der Waals surface area contributed by atoms with E-state index in [1.165, 1.54) is 12.8 Å². The van der Waals surface area contributed by atoms with E-state index in [0.717, 1.165) is 13.1 Å². The van der Waals surface area contributed by atoms with E-state index in [1.54, 1.807) is 0 Å². The van der Waals surface area contributed by atoms with Crippen LogP contribution >= 0.6 is 0 Å². The molecule has 1 aliphatic heterocycles. The lowest BCUT2D eigenvalue weighted by Crippen LogP contribution is -2.55. The SMILES string of the molecule is NC1(C(F)F)CCN(C2CC2)CC1. The predicted octanol–water partition coefficient (Wildman–Crippen LogP) is 1.21. The van der Waals surface area contributed by atoms with E-state index >= 15 is 0 Å². The van der Waals surface area contributed by atoms with Gasteiger partial charge in [0.25, 0.3) is 6.43 Å². The maximum atomic E-state index is 12.5. The summed E-state index contributed by atoms with van der Waals surface area (Å²) in [7, 11) is 0. The minimum absolute atomic E-state index is 0.446. The first kappa shape index (κ1) is 9.34. The number of piperidine rings is 1. The minimum Gasteiger partial charge on any atom is -0.320 e. The van der Waals surface area contributed by atoms with Gasteiger partial charge in [-0.2, -0.15) is 0 Å². The summed E-state index contributed by atoms with van der Waals surface area (Å²) in [6.07, 6.45) is 1.01. The lowest BCUT2D eigenvalue weighted by molar-refractivity contribution is 0.0104. The molecule has 2 N–H and O–H groups in total. The summed E-state index contributed by atoms with van der Waals surface area (Å²) in [4.78, 5) is 2.30. The van der Waals surface area contributed by atoms with Gasteiger partial charge in [-0.25, -0.2) is 8.78 Å². The first-order chi connectivity index (χ1) is 6.12. The van der Waals surface area contributed by atoms with Crippen molar-refractivity contribution in [1.29, 1.82) is 0 Å². The Bertz CT molecular complexity index is 184. The van der Waals surface area contributed by atoms with Crippen molar-refractivity contribution in [2.75, 3.05) is 13.1 Å². The number of rotatable bonds is 2. The summed E-state index contributed by atoms with van der Waals surface area (Å²) in [6, 6.07) is 0.683. The van der Waals surface area contributed by atoms with E-state index in [4.69, 9.17) is 5.73 Å². The molecule has 1 saturated carbocycles. The van der Waals surface area contributed by atoms with Gasteiger partial charge in [-0.3, -0.25) is 0 Å². The normalized spacial score (nSPS) is 29.5. The van der Waals surface area contributed by atoms with Crippen LogP contribution in [0.5, 0.6) is 0 Å². The number of hydrogen-bond donors (Lipinski definition) is 1. The molecular formula is C9H16F2N2. The highest BCUT2D eigenvalue weighted by Gasteiger charge is 2.41. The Hall–Kier alpha value is -0.220. The molecule has 2 aliphatic rings. The van der Waals surface area contributed by atoms with Crippen LogP contribution in [0.1, 0.15) is 25.7 Å². The zero-order chi connectivity index (χ0) is 9.47. The summed E-state index contributed by atoms with van der Waals surface area (Å²) in [5.74, 6) is 0. The second-order valence-corrected chi connectivity index (χ2v) is 4.30. The third-order valence-corrected chi connectivity index (χ3v) is 3.23. The van der Waals surface area contributed by atoms with Crippen molar-refractivity contribution in [2.45, 2.75) is 43.7 Å². The topological polar surface area (TPSA) is 29.3 Å². The number of likely N-dealkylation sites (tertiary alicyclic amines) is 1. The van der Waals surface area contributed by atoms with Crippen LogP contribution in [0.2, 0.25) is 0 Å². The fourth-order valence-electron chi connectivity index (χ4n) is 1.96. The van der Waals surface area contributed by atoms with E-state index in [0.29, 0.717) is 18.9 Å². The van der Waals surface area contributed by atoms with Gasteiger partial charge in [0.05, 0.1) is 5.54 Å². The third-order valence-electron chi connectivity index (χ3n) is 3.23. The Kier molecular flexibility index (Phi) is 2.28. The maximum Gasteiger partial charge on any atom is 0.256 e.